The Morgan fingerprint density at radius 3 is 2.55 bits per heavy atom. The fraction of sp³-hybridized carbons (Fsp3) is 0.227. The van der Waals surface area contributed by atoms with Gasteiger partial charge in [0.1, 0.15) is 5.82 Å². The van der Waals surface area contributed by atoms with E-state index in [1.54, 1.807) is 0 Å². The second kappa shape index (κ2) is 7.99. The summed E-state index contributed by atoms with van der Waals surface area (Å²) >= 11 is 1.46. The summed E-state index contributed by atoms with van der Waals surface area (Å²) in [5.41, 5.74) is 7.51. The molecule has 0 radical (unpaired) electrons. The Bertz CT molecular complexity index is 1300. The first-order valence-electron chi connectivity index (χ1n) is 10.1. The molecule has 4 aromatic rings. The third-order valence-electron chi connectivity index (χ3n) is 5.03. The van der Waals surface area contributed by atoms with Crippen molar-refractivity contribution in [1.82, 2.24) is 24.5 Å². The number of anilines is 3. The van der Waals surface area contributed by atoms with Crippen molar-refractivity contribution in [2.75, 3.05) is 11.1 Å². The van der Waals surface area contributed by atoms with Crippen LogP contribution >= 0.6 is 11.8 Å². The molecule has 2 heterocycles. The van der Waals surface area contributed by atoms with Crippen molar-refractivity contribution in [1.29, 1.82) is 0 Å². The minimum absolute atomic E-state index is 0.00407. The fourth-order valence-corrected chi connectivity index (χ4v) is 4.40. The van der Waals surface area contributed by atoms with Crippen molar-refractivity contribution in [3.05, 3.63) is 70.8 Å². The van der Waals surface area contributed by atoms with Gasteiger partial charge in [0.25, 0.3) is 5.56 Å². The van der Waals surface area contributed by atoms with Gasteiger partial charge in [-0.05, 0) is 44.0 Å². The molecule has 3 N–H and O–H groups in total. The summed E-state index contributed by atoms with van der Waals surface area (Å²) in [6.07, 6.45) is 1.98. The first kappa shape index (κ1) is 19.5. The Morgan fingerprint density at radius 2 is 1.77 bits per heavy atom. The van der Waals surface area contributed by atoms with Crippen molar-refractivity contribution < 1.29 is 0 Å². The Morgan fingerprint density at radius 1 is 1.03 bits per heavy atom. The van der Waals surface area contributed by atoms with Gasteiger partial charge in [0.15, 0.2) is 5.16 Å². The monoisotopic (exact) mass is 431 g/mol. The van der Waals surface area contributed by atoms with Crippen LogP contribution in [0.3, 0.4) is 0 Å². The SMILES string of the molecule is CC(Sc1nc2ccccc2c(=O)n1C1CC1)c1nc(N)nc(Nc2ccccc2)n1. The summed E-state index contributed by atoms with van der Waals surface area (Å²) in [7, 11) is 0. The number of para-hydroxylation sites is 2. The minimum atomic E-state index is -0.181. The summed E-state index contributed by atoms with van der Waals surface area (Å²) in [6.45, 7) is 1.98. The highest BCUT2D eigenvalue weighted by Gasteiger charge is 2.29. The molecule has 0 saturated heterocycles. The maximum Gasteiger partial charge on any atom is 0.262 e. The van der Waals surface area contributed by atoms with Crippen molar-refractivity contribution in [3.8, 4) is 0 Å². The molecule has 9 heteroatoms. The van der Waals surface area contributed by atoms with Gasteiger partial charge < -0.3 is 11.1 Å². The number of aromatic nitrogens is 5. The first-order chi connectivity index (χ1) is 15.1. The Balaban J connectivity index is 1.48. The van der Waals surface area contributed by atoms with E-state index < -0.39 is 0 Å². The van der Waals surface area contributed by atoms with Crippen molar-refractivity contribution in [2.24, 2.45) is 0 Å². The van der Waals surface area contributed by atoms with Crippen LogP contribution in [0.15, 0.2) is 64.5 Å². The Labute approximate surface area is 183 Å². The Hall–Kier alpha value is -3.46. The van der Waals surface area contributed by atoms with Crippen LogP contribution in [0.4, 0.5) is 17.6 Å². The topological polar surface area (TPSA) is 112 Å². The van der Waals surface area contributed by atoms with Crippen LogP contribution in [0.2, 0.25) is 0 Å². The molecule has 5 rings (SSSR count). The number of hydrogen-bond donors (Lipinski definition) is 2. The van der Waals surface area contributed by atoms with E-state index in [2.05, 4.69) is 20.3 Å². The largest absolute Gasteiger partial charge is 0.368 e. The molecule has 1 aliphatic carbocycles. The Kier molecular flexibility index (Phi) is 5.03. The summed E-state index contributed by atoms with van der Waals surface area (Å²) in [5.74, 6) is 1.05. The highest BCUT2D eigenvalue weighted by atomic mass is 32.2. The number of nitrogens with zero attached hydrogens (tertiary/aromatic N) is 5. The molecule has 8 nitrogen and oxygen atoms in total. The zero-order valence-electron chi connectivity index (χ0n) is 16.9. The number of benzene rings is 2. The lowest BCUT2D eigenvalue weighted by Crippen LogP contribution is -2.22. The van der Waals surface area contributed by atoms with E-state index in [-0.39, 0.29) is 22.8 Å². The number of nitrogen functional groups attached to an aromatic ring is 1. The molecule has 156 valence electrons. The van der Waals surface area contributed by atoms with Gasteiger partial charge in [0.2, 0.25) is 11.9 Å². The summed E-state index contributed by atoms with van der Waals surface area (Å²) < 4.78 is 1.82. The smallest absolute Gasteiger partial charge is 0.262 e. The molecule has 1 unspecified atom stereocenters. The molecular formula is C22H21N7OS. The second-order valence-corrected chi connectivity index (χ2v) is 8.75. The number of nitrogens with two attached hydrogens (primary N) is 1. The molecule has 1 atom stereocenters. The predicted octanol–water partition coefficient (Wildman–Crippen LogP) is 4.10. The van der Waals surface area contributed by atoms with Crippen LogP contribution in [0.25, 0.3) is 10.9 Å². The molecule has 0 aliphatic heterocycles. The molecule has 1 aliphatic rings. The number of hydrogen-bond acceptors (Lipinski definition) is 8. The molecular weight excluding hydrogens is 410 g/mol. The van der Waals surface area contributed by atoms with Crippen LogP contribution in [-0.4, -0.2) is 24.5 Å². The quantitative estimate of drug-likeness (QED) is 0.347. The van der Waals surface area contributed by atoms with E-state index in [1.807, 2.05) is 66.1 Å². The fourth-order valence-electron chi connectivity index (χ4n) is 3.37. The minimum Gasteiger partial charge on any atom is -0.368 e. The summed E-state index contributed by atoms with van der Waals surface area (Å²) in [4.78, 5) is 31.0. The molecule has 2 aromatic carbocycles. The van der Waals surface area contributed by atoms with Crippen molar-refractivity contribution >= 4 is 40.2 Å². The van der Waals surface area contributed by atoms with Crippen molar-refractivity contribution in [3.63, 3.8) is 0 Å². The highest BCUT2D eigenvalue weighted by Crippen LogP contribution is 2.40. The van der Waals surface area contributed by atoms with E-state index in [1.165, 1.54) is 11.8 Å². The van der Waals surface area contributed by atoms with E-state index in [4.69, 9.17) is 10.7 Å². The number of thioether (sulfide) groups is 1. The van der Waals surface area contributed by atoms with Crippen LogP contribution in [0.5, 0.6) is 0 Å². The maximum absolute atomic E-state index is 13.1. The lowest BCUT2D eigenvalue weighted by Gasteiger charge is -2.16. The number of fused-ring (bicyclic) bond motifs is 1. The second-order valence-electron chi connectivity index (χ2n) is 7.44. The van der Waals surface area contributed by atoms with Gasteiger partial charge in [-0.25, -0.2) is 4.98 Å². The third kappa shape index (κ3) is 4.09. The summed E-state index contributed by atoms with van der Waals surface area (Å²) in [5, 5.41) is 4.29. The zero-order chi connectivity index (χ0) is 21.4. The lowest BCUT2D eigenvalue weighted by molar-refractivity contribution is 0.616. The van der Waals surface area contributed by atoms with E-state index in [9.17, 15) is 4.79 Å². The average Bonchev–Trinajstić information content (AvgIpc) is 3.59. The first-order valence-corrected chi connectivity index (χ1v) is 11.0. The molecule has 2 aromatic heterocycles. The van der Waals surface area contributed by atoms with Gasteiger partial charge in [0, 0.05) is 11.7 Å². The number of rotatable bonds is 6. The zero-order valence-corrected chi connectivity index (χ0v) is 17.7. The molecule has 0 amide bonds. The van der Waals surface area contributed by atoms with Gasteiger partial charge in [-0.1, -0.05) is 42.1 Å². The van der Waals surface area contributed by atoms with Crippen LogP contribution in [0, 0.1) is 0 Å². The van der Waals surface area contributed by atoms with Crippen LogP contribution in [-0.2, 0) is 0 Å². The van der Waals surface area contributed by atoms with E-state index in [0.717, 1.165) is 18.5 Å². The summed E-state index contributed by atoms with van der Waals surface area (Å²) in [6, 6.07) is 17.3. The van der Waals surface area contributed by atoms with Crippen molar-refractivity contribution in [2.45, 2.75) is 36.2 Å². The average molecular weight is 432 g/mol. The molecule has 0 bridgehead atoms. The normalized spacial score (nSPS) is 14.5. The van der Waals surface area contributed by atoms with Crippen LogP contribution < -0.4 is 16.6 Å². The standard InChI is InChI=1S/C22H21N7OS/c1-13(18-26-20(23)28-21(27-18)24-14-7-3-2-4-8-14)31-22-25-17-10-6-5-9-16(17)19(30)29(22)15-11-12-15/h2-10,13,15H,11-12H2,1H3,(H3,23,24,26,27,28). The number of nitrogens with one attached hydrogen (secondary N) is 1. The van der Waals surface area contributed by atoms with Gasteiger partial charge in [-0.3, -0.25) is 9.36 Å². The molecule has 31 heavy (non-hydrogen) atoms. The molecule has 1 saturated carbocycles. The van der Waals surface area contributed by atoms with Gasteiger partial charge in [-0.15, -0.1) is 0 Å². The van der Waals surface area contributed by atoms with E-state index >= 15 is 0 Å². The van der Waals surface area contributed by atoms with Gasteiger partial charge in [-0.2, -0.15) is 15.0 Å². The van der Waals surface area contributed by atoms with Crippen LogP contribution in [0.1, 0.15) is 36.9 Å². The van der Waals surface area contributed by atoms with E-state index in [0.29, 0.717) is 27.8 Å². The molecule has 1 fully saturated rings. The predicted molar refractivity (Wildman–Crippen MR) is 123 cm³/mol. The third-order valence-corrected chi connectivity index (χ3v) is 6.10. The van der Waals surface area contributed by atoms with Gasteiger partial charge >= 0.3 is 0 Å². The molecule has 0 spiro atoms. The maximum atomic E-state index is 13.1. The van der Waals surface area contributed by atoms with Gasteiger partial charge in [0.05, 0.1) is 16.2 Å². The highest BCUT2D eigenvalue weighted by molar-refractivity contribution is 7.99. The lowest BCUT2D eigenvalue weighted by atomic mass is 10.2.